The maximum absolute atomic E-state index is 5.21. The molecule has 52 valence electrons. The van der Waals surface area contributed by atoms with Gasteiger partial charge in [0.25, 0.3) is 0 Å². The quantitative estimate of drug-likeness (QED) is 0.503. The Morgan fingerprint density at radius 3 is 2.67 bits per heavy atom. The van der Waals surface area contributed by atoms with Crippen molar-refractivity contribution in [1.82, 2.24) is 5.32 Å². The van der Waals surface area contributed by atoms with Crippen LogP contribution in [0.15, 0.2) is 0 Å². The van der Waals surface area contributed by atoms with Crippen molar-refractivity contribution >= 4 is 12.4 Å². The second kappa shape index (κ2) is 4.67. The zero-order valence-corrected chi connectivity index (χ0v) is 6.21. The number of hydrogen-bond acceptors (Lipinski definition) is 1. The minimum absolute atomic E-state index is 0. The molecule has 1 N–H and O–H groups in total. The highest BCUT2D eigenvalue weighted by atomic mass is 35.5. The molecule has 1 aliphatic heterocycles. The van der Waals surface area contributed by atoms with Crippen LogP contribution < -0.4 is 5.32 Å². The highest BCUT2D eigenvalue weighted by molar-refractivity contribution is 5.85. The van der Waals surface area contributed by atoms with Crippen LogP contribution in [0.5, 0.6) is 0 Å². The van der Waals surface area contributed by atoms with Crippen LogP contribution in [0.25, 0.3) is 0 Å². The van der Waals surface area contributed by atoms with Crippen LogP contribution in [0.1, 0.15) is 12.8 Å². The summed E-state index contributed by atoms with van der Waals surface area (Å²) in [6, 6.07) is 0. The largest absolute Gasteiger partial charge is 0.316 e. The van der Waals surface area contributed by atoms with Crippen LogP contribution >= 0.6 is 12.4 Å². The lowest BCUT2D eigenvalue weighted by Crippen LogP contribution is -2.28. The molecule has 0 saturated carbocycles. The third-order valence-electron chi connectivity index (χ3n) is 1.53. The van der Waals surface area contributed by atoms with Gasteiger partial charge in [0.15, 0.2) is 0 Å². The van der Waals surface area contributed by atoms with E-state index in [-0.39, 0.29) is 12.4 Å². The van der Waals surface area contributed by atoms with Gasteiger partial charge < -0.3 is 5.32 Å². The highest BCUT2D eigenvalue weighted by Gasteiger charge is 2.07. The molecule has 0 aromatic heterocycles. The predicted octanol–water partition coefficient (Wildman–Crippen LogP) is 1.04. The summed E-state index contributed by atoms with van der Waals surface area (Å²) in [6.07, 6.45) is 7.67. The summed E-state index contributed by atoms with van der Waals surface area (Å²) in [5.74, 6) is 3.24. The Balaban J connectivity index is 0.000000640. The van der Waals surface area contributed by atoms with Crippen molar-refractivity contribution in [2.75, 3.05) is 13.1 Å². The SMILES string of the molecule is C#C[C@H]1CCCNC1.Cl. The summed E-state index contributed by atoms with van der Waals surface area (Å²) in [4.78, 5) is 0. The van der Waals surface area contributed by atoms with E-state index in [9.17, 15) is 0 Å². The van der Waals surface area contributed by atoms with E-state index in [4.69, 9.17) is 6.42 Å². The summed E-state index contributed by atoms with van der Waals surface area (Å²) in [6.45, 7) is 2.18. The number of rotatable bonds is 0. The number of piperidine rings is 1. The molecule has 0 unspecified atom stereocenters. The Bertz CT molecular complexity index is 100.0. The average molecular weight is 146 g/mol. The van der Waals surface area contributed by atoms with Crippen molar-refractivity contribution in [3.63, 3.8) is 0 Å². The Morgan fingerprint density at radius 2 is 2.33 bits per heavy atom. The standard InChI is InChI=1S/C7H11N.ClH/c1-2-7-4-3-5-8-6-7;/h1,7-8H,3-6H2;1H/t7-;/m0./s1. The molecule has 0 amide bonds. The van der Waals surface area contributed by atoms with Gasteiger partial charge in [-0.2, -0.15) is 0 Å². The first kappa shape index (κ1) is 8.81. The molecule has 1 nitrogen and oxygen atoms in total. The van der Waals surface area contributed by atoms with E-state index < -0.39 is 0 Å². The van der Waals surface area contributed by atoms with Gasteiger partial charge in [0.1, 0.15) is 0 Å². The molecule has 9 heavy (non-hydrogen) atoms. The van der Waals surface area contributed by atoms with Crippen LogP contribution in [0.4, 0.5) is 0 Å². The van der Waals surface area contributed by atoms with Gasteiger partial charge in [-0.1, -0.05) is 0 Å². The first-order chi connectivity index (χ1) is 3.93. The van der Waals surface area contributed by atoms with E-state index in [1.807, 2.05) is 0 Å². The van der Waals surface area contributed by atoms with Crippen molar-refractivity contribution in [2.45, 2.75) is 12.8 Å². The highest BCUT2D eigenvalue weighted by Crippen LogP contribution is 2.06. The number of hydrogen-bond donors (Lipinski definition) is 1. The number of nitrogens with one attached hydrogen (secondary N) is 1. The Hall–Kier alpha value is -0.190. The van der Waals surface area contributed by atoms with Crippen LogP contribution in [-0.4, -0.2) is 13.1 Å². The van der Waals surface area contributed by atoms with Crippen molar-refractivity contribution in [3.05, 3.63) is 0 Å². The van der Waals surface area contributed by atoms with Gasteiger partial charge in [0.05, 0.1) is 0 Å². The molecule has 1 fully saturated rings. The average Bonchev–Trinajstić information content (AvgIpc) is 1.90. The molecule has 1 rings (SSSR count). The molecule has 0 aromatic carbocycles. The van der Waals surface area contributed by atoms with Gasteiger partial charge in [-0.05, 0) is 19.4 Å². The van der Waals surface area contributed by atoms with E-state index in [0.717, 1.165) is 13.1 Å². The van der Waals surface area contributed by atoms with Crippen LogP contribution in [0, 0.1) is 18.3 Å². The maximum Gasteiger partial charge on any atom is 0.0325 e. The van der Waals surface area contributed by atoms with Crippen molar-refractivity contribution in [2.24, 2.45) is 5.92 Å². The summed E-state index contributed by atoms with van der Waals surface area (Å²) in [5.41, 5.74) is 0. The topological polar surface area (TPSA) is 12.0 Å². The summed E-state index contributed by atoms with van der Waals surface area (Å²) in [5, 5.41) is 3.24. The number of terminal acetylenes is 1. The fraction of sp³-hybridized carbons (Fsp3) is 0.714. The lowest BCUT2D eigenvalue weighted by Gasteiger charge is -2.16. The molecule has 0 spiro atoms. The lowest BCUT2D eigenvalue weighted by atomic mass is 10.0. The molecule has 0 aliphatic carbocycles. The Morgan fingerprint density at radius 1 is 1.56 bits per heavy atom. The van der Waals surface area contributed by atoms with Gasteiger partial charge >= 0.3 is 0 Å². The molecule has 1 saturated heterocycles. The van der Waals surface area contributed by atoms with E-state index in [0.29, 0.717) is 5.92 Å². The third-order valence-corrected chi connectivity index (χ3v) is 1.53. The van der Waals surface area contributed by atoms with Gasteiger partial charge in [-0.25, -0.2) is 0 Å². The van der Waals surface area contributed by atoms with E-state index in [1.54, 1.807) is 0 Å². The van der Waals surface area contributed by atoms with Crippen LogP contribution in [0.2, 0.25) is 0 Å². The smallest absolute Gasteiger partial charge is 0.0325 e. The molecule has 0 radical (unpaired) electrons. The first-order valence-corrected chi connectivity index (χ1v) is 3.10. The van der Waals surface area contributed by atoms with Crippen LogP contribution in [-0.2, 0) is 0 Å². The predicted molar refractivity (Wildman–Crippen MR) is 41.7 cm³/mol. The second-order valence-electron chi connectivity index (χ2n) is 2.21. The Labute approximate surface area is 62.6 Å². The molecule has 2 heteroatoms. The molecule has 1 aliphatic rings. The lowest BCUT2D eigenvalue weighted by molar-refractivity contribution is 0.449. The van der Waals surface area contributed by atoms with Gasteiger partial charge in [0.2, 0.25) is 0 Å². The Kier molecular flexibility index (Phi) is 4.57. The molecule has 0 aromatic rings. The summed E-state index contributed by atoms with van der Waals surface area (Å²) >= 11 is 0. The summed E-state index contributed by atoms with van der Waals surface area (Å²) in [7, 11) is 0. The zero-order chi connectivity index (χ0) is 5.82. The maximum atomic E-state index is 5.21. The molecule has 1 atom stereocenters. The molecule has 0 bridgehead atoms. The second-order valence-corrected chi connectivity index (χ2v) is 2.21. The monoisotopic (exact) mass is 145 g/mol. The van der Waals surface area contributed by atoms with Gasteiger partial charge in [-0.15, -0.1) is 24.8 Å². The van der Waals surface area contributed by atoms with E-state index in [2.05, 4.69) is 11.2 Å². The van der Waals surface area contributed by atoms with Crippen molar-refractivity contribution in [3.8, 4) is 12.3 Å². The van der Waals surface area contributed by atoms with Crippen molar-refractivity contribution in [1.29, 1.82) is 0 Å². The normalized spacial score (nSPS) is 25.9. The van der Waals surface area contributed by atoms with E-state index >= 15 is 0 Å². The minimum Gasteiger partial charge on any atom is -0.316 e. The molecular formula is C7H12ClN. The molecule has 1 heterocycles. The first-order valence-electron chi connectivity index (χ1n) is 3.10. The van der Waals surface area contributed by atoms with E-state index in [1.165, 1.54) is 12.8 Å². The molecular weight excluding hydrogens is 134 g/mol. The number of halogens is 1. The van der Waals surface area contributed by atoms with Gasteiger partial charge in [0, 0.05) is 12.5 Å². The fourth-order valence-corrected chi connectivity index (χ4v) is 0.994. The van der Waals surface area contributed by atoms with Gasteiger partial charge in [-0.3, -0.25) is 0 Å². The zero-order valence-electron chi connectivity index (χ0n) is 5.39. The van der Waals surface area contributed by atoms with Crippen molar-refractivity contribution < 1.29 is 0 Å². The summed E-state index contributed by atoms with van der Waals surface area (Å²) < 4.78 is 0. The fourth-order valence-electron chi connectivity index (χ4n) is 0.994. The third kappa shape index (κ3) is 2.74. The van der Waals surface area contributed by atoms with Crippen LogP contribution in [0.3, 0.4) is 0 Å². The minimum atomic E-state index is 0.